The highest BCUT2D eigenvalue weighted by Crippen LogP contribution is 2.22. The van der Waals surface area contributed by atoms with Gasteiger partial charge in [0, 0.05) is 38.7 Å². The van der Waals surface area contributed by atoms with Gasteiger partial charge in [-0.25, -0.2) is 0 Å². The molecule has 19 heavy (non-hydrogen) atoms. The summed E-state index contributed by atoms with van der Waals surface area (Å²) in [5.74, 6) is 1.55. The summed E-state index contributed by atoms with van der Waals surface area (Å²) in [6.07, 6.45) is 0. The lowest BCUT2D eigenvalue weighted by Gasteiger charge is -2.34. The third kappa shape index (κ3) is 2.50. The van der Waals surface area contributed by atoms with Crippen LogP contribution in [0.1, 0.15) is 34.4 Å². The van der Waals surface area contributed by atoms with Crippen LogP contribution in [0.2, 0.25) is 0 Å². The van der Waals surface area contributed by atoms with Crippen LogP contribution in [0.5, 0.6) is 0 Å². The maximum Gasteiger partial charge on any atom is 0.257 e. The Morgan fingerprint density at radius 3 is 1.89 bits per heavy atom. The highest BCUT2D eigenvalue weighted by molar-refractivity contribution is 5.97. The average Bonchev–Trinajstić information content (AvgIpc) is 2.62. The van der Waals surface area contributed by atoms with Gasteiger partial charge in [0.2, 0.25) is 5.91 Å². The number of hydrogen-bond donors (Lipinski definition) is 0. The maximum absolute atomic E-state index is 12.5. The van der Waals surface area contributed by atoms with Crippen molar-refractivity contribution in [1.82, 2.24) is 9.80 Å². The largest absolute Gasteiger partial charge is 0.466 e. The zero-order valence-corrected chi connectivity index (χ0v) is 11.9. The standard InChI is InChI=1S/C14H20N2O3/c1-9-10(2)19-11(3)13(9)14(18)16-7-5-15(6-8-16)12(4)17/h5-8H2,1-4H3. The lowest BCUT2D eigenvalue weighted by Crippen LogP contribution is -2.50. The van der Waals surface area contributed by atoms with Gasteiger partial charge in [-0.15, -0.1) is 0 Å². The van der Waals surface area contributed by atoms with Crippen molar-refractivity contribution in [1.29, 1.82) is 0 Å². The van der Waals surface area contributed by atoms with E-state index in [9.17, 15) is 9.59 Å². The van der Waals surface area contributed by atoms with Crippen LogP contribution < -0.4 is 0 Å². The highest BCUT2D eigenvalue weighted by atomic mass is 16.3. The molecule has 0 N–H and O–H groups in total. The quantitative estimate of drug-likeness (QED) is 0.772. The van der Waals surface area contributed by atoms with E-state index in [0.29, 0.717) is 37.5 Å². The van der Waals surface area contributed by atoms with Gasteiger partial charge in [-0.05, 0) is 20.8 Å². The molecule has 5 heteroatoms. The predicted octanol–water partition coefficient (Wildman–Crippen LogP) is 1.51. The van der Waals surface area contributed by atoms with Gasteiger partial charge in [0.15, 0.2) is 0 Å². The molecule has 1 aliphatic rings. The van der Waals surface area contributed by atoms with Crippen molar-refractivity contribution in [3.8, 4) is 0 Å². The summed E-state index contributed by atoms with van der Waals surface area (Å²) in [7, 11) is 0. The lowest BCUT2D eigenvalue weighted by atomic mass is 10.1. The summed E-state index contributed by atoms with van der Waals surface area (Å²) < 4.78 is 5.50. The molecule has 2 rings (SSSR count). The molecule has 5 nitrogen and oxygen atoms in total. The van der Waals surface area contributed by atoms with E-state index in [0.717, 1.165) is 11.3 Å². The molecule has 1 aromatic rings. The van der Waals surface area contributed by atoms with E-state index in [1.54, 1.807) is 16.7 Å². The van der Waals surface area contributed by atoms with Gasteiger partial charge in [-0.3, -0.25) is 9.59 Å². The molecule has 104 valence electrons. The summed E-state index contributed by atoms with van der Waals surface area (Å²) in [6, 6.07) is 0. The second-order valence-corrected chi connectivity index (χ2v) is 5.01. The van der Waals surface area contributed by atoms with Gasteiger partial charge in [0.05, 0.1) is 5.56 Å². The predicted molar refractivity (Wildman–Crippen MR) is 71.1 cm³/mol. The van der Waals surface area contributed by atoms with Crippen molar-refractivity contribution >= 4 is 11.8 Å². The van der Waals surface area contributed by atoms with Crippen LogP contribution in [0.4, 0.5) is 0 Å². The fourth-order valence-corrected chi connectivity index (χ4v) is 2.49. The lowest BCUT2D eigenvalue weighted by molar-refractivity contribution is -0.130. The summed E-state index contributed by atoms with van der Waals surface area (Å²) in [4.78, 5) is 27.3. The Hall–Kier alpha value is -1.78. The molecular formula is C14H20N2O3. The number of carbonyl (C=O) groups is 2. The minimum absolute atomic E-state index is 0.00931. The molecule has 0 unspecified atom stereocenters. The fourth-order valence-electron chi connectivity index (χ4n) is 2.49. The van der Waals surface area contributed by atoms with E-state index < -0.39 is 0 Å². The molecule has 0 atom stereocenters. The van der Waals surface area contributed by atoms with Crippen LogP contribution >= 0.6 is 0 Å². The van der Waals surface area contributed by atoms with E-state index in [1.165, 1.54) is 0 Å². The van der Waals surface area contributed by atoms with Gasteiger partial charge in [-0.1, -0.05) is 0 Å². The van der Waals surface area contributed by atoms with Crippen LogP contribution in [-0.2, 0) is 4.79 Å². The smallest absolute Gasteiger partial charge is 0.257 e. The molecule has 1 aromatic heterocycles. The van der Waals surface area contributed by atoms with Gasteiger partial charge >= 0.3 is 0 Å². The van der Waals surface area contributed by atoms with Crippen molar-refractivity contribution < 1.29 is 14.0 Å². The van der Waals surface area contributed by atoms with Crippen LogP contribution in [0.15, 0.2) is 4.42 Å². The maximum atomic E-state index is 12.5. The third-order valence-electron chi connectivity index (χ3n) is 3.79. The molecule has 0 aliphatic carbocycles. The number of hydrogen-bond acceptors (Lipinski definition) is 3. The highest BCUT2D eigenvalue weighted by Gasteiger charge is 2.27. The first-order valence-electron chi connectivity index (χ1n) is 6.53. The summed E-state index contributed by atoms with van der Waals surface area (Å²) >= 11 is 0. The molecule has 2 heterocycles. The van der Waals surface area contributed by atoms with Gasteiger partial charge < -0.3 is 14.2 Å². The molecule has 0 bridgehead atoms. The molecule has 0 spiro atoms. The topological polar surface area (TPSA) is 53.8 Å². The number of aryl methyl sites for hydroxylation is 2. The van der Waals surface area contributed by atoms with Crippen LogP contribution in [-0.4, -0.2) is 47.8 Å². The Morgan fingerprint density at radius 1 is 0.947 bits per heavy atom. The van der Waals surface area contributed by atoms with Crippen molar-refractivity contribution in [2.24, 2.45) is 0 Å². The van der Waals surface area contributed by atoms with E-state index >= 15 is 0 Å². The zero-order chi connectivity index (χ0) is 14.2. The Balaban J connectivity index is 2.12. The van der Waals surface area contributed by atoms with E-state index in [-0.39, 0.29) is 11.8 Å². The van der Waals surface area contributed by atoms with Gasteiger partial charge in [-0.2, -0.15) is 0 Å². The van der Waals surface area contributed by atoms with Gasteiger partial charge in [0.25, 0.3) is 5.91 Å². The van der Waals surface area contributed by atoms with Crippen LogP contribution in [0.3, 0.4) is 0 Å². The fraction of sp³-hybridized carbons (Fsp3) is 0.571. The molecule has 2 amide bonds. The first kappa shape index (κ1) is 13.6. The van der Waals surface area contributed by atoms with Gasteiger partial charge in [0.1, 0.15) is 11.5 Å². The monoisotopic (exact) mass is 264 g/mol. The molecule has 0 radical (unpaired) electrons. The number of nitrogens with zero attached hydrogens (tertiary/aromatic N) is 2. The summed E-state index contributed by atoms with van der Waals surface area (Å²) in [5, 5.41) is 0. The molecule has 1 saturated heterocycles. The normalized spacial score (nSPS) is 15.8. The van der Waals surface area contributed by atoms with E-state index in [4.69, 9.17) is 4.42 Å². The average molecular weight is 264 g/mol. The molecule has 0 aromatic carbocycles. The summed E-state index contributed by atoms with van der Waals surface area (Å²) in [6.45, 7) is 9.54. The Labute approximate surface area is 113 Å². The first-order chi connectivity index (χ1) is 8.91. The van der Waals surface area contributed by atoms with Crippen LogP contribution in [0, 0.1) is 20.8 Å². The van der Waals surface area contributed by atoms with Crippen molar-refractivity contribution in [2.45, 2.75) is 27.7 Å². The van der Waals surface area contributed by atoms with E-state index in [1.807, 2.05) is 20.8 Å². The SMILES string of the molecule is CC(=O)N1CCN(C(=O)c2c(C)oc(C)c2C)CC1. The molecule has 1 aliphatic heterocycles. The Kier molecular flexibility index (Phi) is 3.64. The van der Waals surface area contributed by atoms with Crippen molar-refractivity contribution in [3.05, 3.63) is 22.6 Å². The first-order valence-corrected chi connectivity index (χ1v) is 6.53. The summed E-state index contributed by atoms with van der Waals surface area (Å²) in [5.41, 5.74) is 1.59. The molecular weight excluding hydrogens is 244 g/mol. The minimum atomic E-state index is 0.00931. The number of rotatable bonds is 1. The molecule has 1 fully saturated rings. The zero-order valence-electron chi connectivity index (χ0n) is 11.9. The second-order valence-electron chi connectivity index (χ2n) is 5.01. The Morgan fingerprint density at radius 2 is 1.47 bits per heavy atom. The van der Waals surface area contributed by atoms with E-state index in [2.05, 4.69) is 0 Å². The number of amides is 2. The second kappa shape index (κ2) is 5.07. The number of carbonyl (C=O) groups excluding carboxylic acids is 2. The van der Waals surface area contributed by atoms with Crippen LogP contribution in [0.25, 0.3) is 0 Å². The Bertz CT molecular complexity index is 511. The minimum Gasteiger partial charge on any atom is -0.466 e. The van der Waals surface area contributed by atoms with Crippen molar-refractivity contribution in [3.63, 3.8) is 0 Å². The number of furan rings is 1. The molecule has 0 saturated carbocycles. The number of piperazine rings is 1. The third-order valence-corrected chi connectivity index (χ3v) is 3.79. The van der Waals surface area contributed by atoms with Crippen molar-refractivity contribution in [2.75, 3.05) is 26.2 Å².